The zero-order chi connectivity index (χ0) is 8.39. The van der Waals surface area contributed by atoms with Gasteiger partial charge in [0, 0.05) is 13.1 Å². The minimum atomic E-state index is -0.0643. The fourth-order valence-electron chi connectivity index (χ4n) is 2.63. The predicted molar refractivity (Wildman–Crippen MR) is 48.9 cm³/mol. The third-order valence-electron chi connectivity index (χ3n) is 3.41. The van der Waals surface area contributed by atoms with Crippen molar-refractivity contribution in [2.45, 2.75) is 38.2 Å². The Balaban J connectivity index is 1.77. The lowest BCUT2D eigenvalue weighted by atomic mass is 9.91. The highest BCUT2D eigenvalue weighted by Crippen LogP contribution is 2.31. The van der Waals surface area contributed by atoms with Gasteiger partial charge in [-0.1, -0.05) is 25.7 Å². The summed E-state index contributed by atoms with van der Waals surface area (Å²) >= 11 is 0. The molecule has 0 radical (unpaired) electrons. The first kappa shape index (κ1) is 8.52. The molecule has 1 aliphatic heterocycles. The number of nitrogens with one attached hydrogen (secondary N) is 1. The molecular weight excluding hydrogens is 150 g/mol. The van der Waals surface area contributed by atoms with E-state index in [1.807, 2.05) is 0 Å². The van der Waals surface area contributed by atoms with Gasteiger partial charge in [0.05, 0.1) is 6.10 Å². The molecule has 2 rings (SSSR count). The smallest absolute Gasteiger partial charge is 0.0704 e. The lowest BCUT2D eigenvalue weighted by Gasteiger charge is -2.17. The summed E-state index contributed by atoms with van der Waals surface area (Å²) in [5, 5.41) is 12.8. The predicted octanol–water partition coefficient (Wildman–Crippen LogP) is 1.15. The van der Waals surface area contributed by atoms with Crippen LogP contribution in [0.25, 0.3) is 0 Å². The van der Waals surface area contributed by atoms with Gasteiger partial charge in [-0.2, -0.15) is 0 Å². The van der Waals surface area contributed by atoms with Crippen LogP contribution in [0.3, 0.4) is 0 Å². The molecule has 2 unspecified atom stereocenters. The molecule has 0 spiro atoms. The molecule has 0 bridgehead atoms. The summed E-state index contributed by atoms with van der Waals surface area (Å²) in [6.07, 6.45) is 6.84. The van der Waals surface area contributed by atoms with Gasteiger partial charge < -0.3 is 10.4 Å². The molecule has 0 aromatic heterocycles. The normalized spacial score (nSPS) is 37.8. The second-order valence-corrected chi connectivity index (χ2v) is 4.37. The van der Waals surface area contributed by atoms with Crippen molar-refractivity contribution in [1.29, 1.82) is 0 Å². The molecule has 1 saturated heterocycles. The van der Waals surface area contributed by atoms with Gasteiger partial charge in [0.2, 0.25) is 0 Å². The third-order valence-corrected chi connectivity index (χ3v) is 3.41. The second kappa shape index (κ2) is 3.75. The van der Waals surface area contributed by atoms with Crippen molar-refractivity contribution in [3.8, 4) is 0 Å². The first-order chi connectivity index (χ1) is 5.86. The molecule has 2 nitrogen and oxygen atoms in total. The third kappa shape index (κ3) is 1.80. The summed E-state index contributed by atoms with van der Waals surface area (Å²) in [7, 11) is 0. The minimum Gasteiger partial charge on any atom is -0.391 e. The van der Waals surface area contributed by atoms with E-state index in [1.165, 1.54) is 32.1 Å². The zero-order valence-electron chi connectivity index (χ0n) is 7.63. The van der Waals surface area contributed by atoms with Crippen molar-refractivity contribution >= 4 is 0 Å². The van der Waals surface area contributed by atoms with Crippen molar-refractivity contribution in [1.82, 2.24) is 5.32 Å². The van der Waals surface area contributed by atoms with Crippen LogP contribution in [0.5, 0.6) is 0 Å². The van der Waals surface area contributed by atoms with Crippen molar-refractivity contribution in [2.24, 2.45) is 11.8 Å². The molecule has 1 heterocycles. The van der Waals surface area contributed by atoms with E-state index in [9.17, 15) is 5.11 Å². The summed E-state index contributed by atoms with van der Waals surface area (Å²) in [6, 6.07) is 0. The summed E-state index contributed by atoms with van der Waals surface area (Å²) < 4.78 is 0. The Kier molecular flexibility index (Phi) is 2.66. The van der Waals surface area contributed by atoms with Crippen LogP contribution in [-0.4, -0.2) is 24.3 Å². The molecule has 2 fully saturated rings. The molecule has 0 aromatic carbocycles. The second-order valence-electron chi connectivity index (χ2n) is 4.37. The molecular formula is C10H19NO. The Bertz CT molecular complexity index is 143. The Morgan fingerprint density at radius 1 is 1.17 bits per heavy atom. The molecule has 2 aliphatic rings. The van der Waals surface area contributed by atoms with E-state index >= 15 is 0 Å². The maximum Gasteiger partial charge on any atom is 0.0704 e. The van der Waals surface area contributed by atoms with Crippen LogP contribution in [0.15, 0.2) is 0 Å². The van der Waals surface area contributed by atoms with Gasteiger partial charge in [-0.15, -0.1) is 0 Å². The van der Waals surface area contributed by atoms with E-state index < -0.39 is 0 Å². The van der Waals surface area contributed by atoms with Gasteiger partial charge in [-0.25, -0.2) is 0 Å². The highest BCUT2D eigenvalue weighted by molar-refractivity contribution is 4.83. The molecule has 0 aromatic rings. The highest BCUT2D eigenvalue weighted by atomic mass is 16.3. The highest BCUT2D eigenvalue weighted by Gasteiger charge is 2.28. The van der Waals surface area contributed by atoms with E-state index in [1.54, 1.807) is 0 Å². The van der Waals surface area contributed by atoms with Crippen LogP contribution in [0.1, 0.15) is 32.1 Å². The van der Waals surface area contributed by atoms with Gasteiger partial charge in [0.1, 0.15) is 0 Å². The molecule has 1 saturated carbocycles. The van der Waals surface area contributed by atoms with Crippen LogP contribution >= 0.6 is 0 Å². The Morgan fingerprint density at radius 2 is 1.92 bits per heavy atom. The van der Waals surface area contributed by atoms with E-state index in [-0.39, 0.29) is 6.10 Å². The summed E-state index contributed by atoms with van der Waals surface area (Å²) in [4.78, 5) is 0. The van der Waals surface area contributed by atoms with E-state index in [2.05, 4.69) is 5.32 Å². The van der Waals surface area contributed by atoms with Gasteiger partial charge in [0.25, 0.3) is 0 Å². The number of hydrogen-bond acceptors (Lipinski definition) is 2. The fourth-order valence-corrected chi connectivity index (χ4v) is 2.63. The summed E-state index contributed by atoms with van der Waals surface area (Å²) in [5.74, 6) is 1.47. The van der Waals surface area contributed by atoms with Crippen molar-refractivity contribution < 1.29 is 5.11 Å². The van der Waals surface area contributed by atoms with Crippen LogP contribution in [0.2, 0.25) is 0 Å². The van der Waals surface area contributed by atoms with Crippen molar-refractivity contribution in [3.05, 3.63) is 0 Å². The fraction of sp³-hybridized carbons (Fsp3) is 1.00. The molecule has 2 atom stereocenters. The van der Waals surface area contributed by atoms with E-state index in [0.29, 0.717) is 5.92 Å². The molecule has 2 N–H and O–H groups in total. The molecule has 0 amide bonds. The Labute approximate surface area is 74.4 Å². The average molecular weight is 169 g/mol. The van der Waals surface area contributed by atoms with Gasteiger partial charge in [-0.05, 0) is 18.3 Å². The zero-order valence-corrected chi connectivity index (χ0v) is 7.63. The van der Waals surface area contributed by atoms with Crippen LogP contribution in [-0.2, 0) is 0 Å². The number of hydrogen-bond donors (Lipinski definition) is 2. The molecule has 1 aliphatic carbocycles. The van der Waals surface area contributed by atoms with E-state index in [4.69, 9.17) is 0 Å². The first-order valence-electron chi connectivity index (χ1n) is 5.25. The van der Waals surface area contributed by atoms with Gasteiger partial charge in [0.15, 0.2) is 0 Å². The van der Waals surface area contributed by atoms with Crippen LogP contribution in [0, 0.1) is 11.8 Å². The standard InChI is InChI=1S/C10H19NO/c12-10-7-11-6-9(10)5-8-3-1-2-4-8/h8-12H,1-7H2. The Hall–Kier alpha value is -0.0800. The summed E-state index contributed by atoms with van der Waals surface area (Å²) in [5.41, 5.74) is 0. The summed E-state index contributed by atoms with van der Waals surface area (Å²) in [6.45, 7) is 1.86. The van der Waals surface area contributed by atoms with Crippen molar-refractivity contribution in [2.75, 3.05) is 13.1 Å². The number of aliphatic hydroxyl groups excluding tert-OH is 1. The Morgan fingerprint density at radius 3 is 2.50 bits per heavy atom. The lowest BCUT2D eigenvalue weighted by molar-refractivity contribution is 0.132. The van der Waals surface area contributed by atoms with E-state index in [0.717, 1.165) is 19.0 Å². The first-order valence-corrected chi connectivity index (χ1v) is 5.25. The maximum atomic E-state index is 9.59. The number of aliphatic hydroxyl groups is 1. The molecule has 2 heteroatoms. The minimum absolute atomic E-state index is 0.0643. The SMILES string of the molecule is OC1CNCC1CC1CCCC1. The van der Waals surface area contributed by atoms with Crippen molar-refractivity contribution in [3.63, 3.8) is 0 Å². The van der Waals surface area contributed by atoms with Gasteiger partial charge >= 0.3 is 0 Å². The topological polar surface area (TPSA) is 32.3 Å². The van der Waals surface area contributed by atoms with Crippen LogP contribution in [0.4, 0.5) is 0 Å². The monoisotopic (exact) mass is 169 g/mol. The largest absolute Gasteiger partial charge is 0.391 e. The molecule has 12 heavy (non-hydrogen) atoms. The number of rotatable bonds is 2. The molecule has 70 valence electrons. The maximum absolute atomic E-state index is 9.59. The lowest BCUT2D eigenvalue weighted by Crippen LogP contribution is -2.20. The van der Waals surface area contributed by atoms with Crippen LogP contribution < -0.4 is 5.32 Å². The number of β-amino-alcohol motifs (C(OH)–C–C–N with tert-alkyl or cyclic N) is 1. The quantitative estimate of drug-likeness (QED) is 0.650. The van der Waals surface area contributed by atoms with Gasteiger partial charge in [-0.3, -0.25) is 0 Å². The average Bonchev–Trinajstić information content (AvgIpc) is 2.65.